The Kier molecular flexibility index (Phi) is 4.75. The highest BCUT2D eigenvalue weighted by Crippen LogP contribution is 2.23. The third-order valence-corrected chi connectivity index (χ3v) is 3.38. The van der Waals surface area contributed by atoms with Crippen molar-refractivity contribution < 1.29 is 20.4 Å². The van der Waals surface area contributed by atoms with E-state index in [-0.39, 0.29) is 26.4 Å². The molecule has 6 heteroatoms. The van der Waals surface area contributed by atoms with Gasteiger partial charge in [-0.15, -0.1) is 0 Å². The minimum absolute atomic E-state index is 0.185. The Balaban J connectivity index is 2.82. The zero-order chi connectivity index (χ0) is 13.8. The molecule has 0 atom stereocenters. The molecule has 0 aromatic carbocycles. The molecule has 104 valence electrons. The van der Waals surface area contributed by atoms with Gasteiger partial charge in [-0.05, 0) is 13.8 Å². The highest BCUT2D eigenvalue weighted by Gasteiger charge is 2.32. The topological polar surface area (TPSA) is 87.4 Å². The normalized spacial score (nSPS) is 16.6. The number of hydrogen-bond donors (Lipinski definition) is 4. The molecule has 0 aromatic heterocycles. The van der Waals surface area contributed by atoms with Gasteiger partial charge in [0.15, 0.2) is 0 Å². The maximum absolute atomic E-state index is 9.29. The first kappa shape index (κ1) is 15.0. The Labute approximate surface area is 107 Å². The van der Waals surface area contributed by atoms with E-state index in [1.807, 2.05) is 0 Å². The second-order valence-corrected chi connectivity index (χ2v) is 5.04. The Morgan fingerprint density at radius 2 is 0.889 bits per heavy atom. The van der Waals surface area contributed by atoms with E-state index in [1.165, 1.54) is 0 Å². The lowest BCUT2D eigenvalue weighted by Crippen LogP contribution is -2.51. The van der Waals surface area contributed by atoms with Crippen molar-refractivity contribution >= 4 is 0 Å². The lowest BCUT2D eigenvalue weighted by atomic mass is 10.0. The van der Waals surface area contributed by atoms with Crippen LogP contribution in [0.1, 0.15) is 13.8 Å². The minimum atomic E-state index is -0.770. The van der Waals surface area contributed by atoms with Gasteiger partial charge in [0.05, 0.1) is 37.5 Å². The van der Waals surface area contributed by atoms with E-state index in [4.69, 9.17) is 0 Å². The summed E-state index contributed by atoms with van der Waals surface area (Å²) in [4.78, 5) is 3.39. The average molecular weight is 258 g/mol. The van der Waals surface area contributed by atoms with Gasteiger partial charge in [0.2, 0.25) is 0 Å². The summed E-state index contributed by atoms with van der Waals surface area (Å²) in [6.45, 7) is 2.72. The second-order valence-electron chi connectivity index (χ2n) is 5.04. The predicted molar refractivity (Wildman–Crippen MR) is 67.1 cm³/mol. The quantitative estimate of drug-likeness (QED) is 0.490. The van der Waals surface area contributed by atoms with E-state index in [0.29, 0.717) is 0 Å². The van der Waals surface area contributed by atoms with E-state index in [2.05, 4.69) is 0 Å². The van der Waals surface area contributed by atoms with Crippen LogP contribution in [-0.2, 0) is 0 Å². The third-order valence-electron chi connectivity index (χ3n) is 3.38. The average Bonchev–Trinajstić information content (AvgIpc) is 2.45. The summed E-state index contributed by atoms with van der Waals surface area (Å²) < 4.78 is 0. The van der Waals surface area contributed by atoms with Gasteiger partial charge >= 0.3 is 0 Å². The van der Waals surface area contributed by atoms with Crippen molar-refractivity contribution in [2.75, 3.05) is 26.4 Å². The van der Waals surface area contributed by atoms with Crippen LogP contribution in [0.25, 0.3) is 0 Å². The van der Waals surface area contributed by atoms with E-state index in [0.717, 1.165) is 0 Å². The molecular weight excluding hydrogens is 236 g/mol. The van der Waals surface area contributed by atoms with Crippen LogP contribution in [0.15, 0.2) is 24.8 Å². The summed E-state index contributed by atoms with van der Waals surface area (Å²) in [5.74, 6) is 0. The molecular formula is C12H22N2O4. The summed E-state index contributed by atoms with van der Waals surface area (Å²) >= 11 is 0. The molecule has 0 aliphatic carbocycles. The Bertz CT molecular complexity index is 278. The summed E-state index contributed by atoms with van der Waals surface area (Å²) in [5.41, 5.74) is -1.54. The molecule has 0 radical (unpaired) electrons. The van der Waals surface area contributed by atoms with Crippen molar-refractivity contribution in [3.05, 3.63) is 24.8 Å². The van der Waals surface area contributed by atoms with E-state index < -0.39 is 11.1 Å². The molecule has 0 aromatic rings. The van der Waals surface area contributed by atoms with Crippen molar-refractivity contribution in [2.24, 2.45) is 0 Å². The van der Waals surface area contributed by atoms with Crippen LogP contribution in [0.2, 0.25) is 0 Å². The molecule has 1 aliphatic rings. The van der Waals surface area contributed by atoms with Crippen molar-refractivity contribution in [2.45, 2.75) is 24.9 Å². The van der Waals surface area contributed by atoms with Gasteiger partial charge in [0.1, 0.15) is 0 Å². The highest BCUT2D eigenvalue weighted by molar-refractivity contribution is 5.10. The van der Waals surface area contributed by atoms with Crippen molar-refractivity contribution in [3.63, 3.8) is 0 Å². The smallest absolute Gasteiger partial charge is 0.0872 e. The van der Waals surface area contributed by atoms with Gasteiger partial charge < -0.3 is 30.2 Å². The Morgan fingerprint density at radius 3 is 1.06 bits per heavy atom. The lowest BCUT2D eigenvalue weighted by Gasteiger charge is -2.42. The molecule has 0 saturated heterocycles. The maximum atomic E-state index is 9.29. The van der Waals surface area contributed by atoms with Crippen LogP contribution >= 0.6 is 0 Å². The van der Waals surface area contributed by atoms with Gasteiger partial charge in [-0.1, -0.05) is 0 Å². The largest absolute Gasteiger partial charge is 0.394 e. The van der Waals surface area contributed by atoms with Crippen LogP contribution < -0.4 is 0 Å². The van der Waals surface area contributed by atoms with Gasteiger partial charge in [-0.25, -0.2) is 0 Å². The van der Waals surface area contributed by atoms with Crippen LogP contribution in [0.4, 0.5) is 0 Å². The molecule has 1 heterocycles. The number of nitrogens with zero attached hydrogens (tertiary/aromatic N) is 2. The molecule has 1 rings (SSSR count). The third kappa shape index (κ3) is 2.67. The molecule has 0 saturated carbocycles. The molecule has 0 spiro atoms. The van der Waals surface area contributed by atoms with Crippen LogP contribution in [0, 0.1) is 0 Å². The number of aliphatic hydroxyl groups is 4. The SMILES string of the molecule is CC(CO)(CO)N1C=CN(C(C)(CO)CO)C=C1. The van der Waals surface area contributed by atoms with Gasteiger partial charge in [0.25, 0.3) is 0 Å². The zero-order valence-corrected chi connectivity index (χ0v) is 10.8. The molecule has 4 N–H and O–H groups in total. The van der Waals surface area contributed by atoms with E-state index in [9.17, 15) is 20.4 Å². The summed E-state index contributed by atoms with van der Waals surface area (Å²) in [7, 11) is 0. The lowest BCUT2D eigenvalue weighted by molar-refractivity contribution is 0.0334. The summed E-state index contributed by atoms with van der Waals surface area (Å²) in [5, 5.41) is 37.2. The molecule has 0 amide bonds. The first-order valence-electron chi connectivity index (χ1n) is 5.83. The second kappa shape index (κ2) is 5.71. The molecule has 0 unspecified atom stereocenters. The molecule has 18 heavy (non-hydrogen) atoms. The minimum Gasteiger partial charge on any atom is -0.394 e. The highest BCUT2D eigenvalue weighted by atomic mass is 16.3. The van der Waals surface area contributed by atoms with Gasteiger partial charge in [-0.2, -0.15) is 0 Å². The maximum Gasteiger partial charge on any atom is 0.0872 e. The first-order chi connectivity index (χ1) is 8.45. The van der Waals surface area contributed by atoms with Crippen molar-refractivity contribution in [1.82, 2.24) is 9.80 Å². The fourth-order valence-electron chi connectivity index (χ4n) is 1.53. The number of aliphatic hydroxyl groups excluding tert-OH is 4. The van der Waals surface area contributed by atoms with Crippen LogP contribution in [0.3, 0.4) is 0 Å². The summed E-state index contributed by atoms with van der Waals surface area (Å²) in [6.07, 6.45) is 6.76. The van der Waals surface area contributed by atoms with E-state index in [1.54, 1.807) is 48.4 Å². The van der Waals surface area contributed by atoms with Crippen molar-refractivity contribution in [1.29, 1.82) is 0 Å². The van der Waals surface area contributed by atoms with Gasteiger partial charge in [0, 0.05) is 24.8 Å². The van der Waals surface area contributed by atoms with E-state index >= 15 is 0 Å². The molecule has 0 fully saturated rings. The predicted octanol–water partition coefficient (Wildman–Crippen LogP) is -0.967. The molecule has 0 bridgehead atoms. The molecule has 6 nitrogen and oxygen atoms in total. The van der Waals surface area contributed by atoms with Gasteiger partial charge in [-0.3, -0.25) is 0 Å². The standard InChI is InChI=1S/C12H22N2O4/c1-11(7-15,8-16)13-3-5-14(6-4-13)12(2,9-17)10-18/h3-6,15-18H,7-10H2,1-2H3. The van der Waals surface area contributed by atoms with Crippen molar-refractivity contribution in [3.8, 4) is 0 Å². The van der Waals surface area contributed by atoms with Crippen LogP contribution in [-0.4, -0.2) is 67.7 Å². The Hall–Kier alpha value is -1.08. The fourth-order valence-corrected chi connectivity index (χ4v) is 1.53. The molecule has 1 aliphatic heterocycles. The monoisotopic (exact) mass is 258 g/mol. The van der Waals surface area contributed by atoms with Crippen LogP contribution in [0.5, 0.6) is 0 Å². The Morgan fingerprint density at radius 1 is 0.667 bits per heavy atom. The number of rotatable bonds is 6. The zero-order valence-electron chi connectivity index (χ0n) is 10.8. The summed E-state index contributed by atoms with van der Waals surface area (Å²) in [6, 6.07) is 0. The number of hydrogen-bond acceptors (Lipinski definition) is 6. The first-order valence-corrected chi connectivity index (χ1v) is 5.83. The fraction of sp³-hybridized carbons (Fsp3) is 0.667.